The van der Waals surface area contributed by atoms with Crippen molar-refractivity contribution in [3.05, 3.63) is 59.2 Å². The number of rotatable bonds is 5. The van der Waals surface area contributed by atoms with Gasteiger partial charge in [0, 0.05) is 5.69 Å². The molecule has 0 aliphatic rings. The van der Waals surface area contributed by atoms with Crippen LogP contribution >= 0.6 is 12.2 Å². The number of aromatic carboxylic acids is 1. The summed E-state index contributed by atoms with van der Waals surface area (Å²) in [5, 5.41) is 14.6. The van der Waals surface area contributed by atoms with Crippen LogP contribution in [-0.4, -0.2) is 28.7 Å². The summed E-state index contributed by atoms with van der Waals surface area (Å²) in [6.45, 7) is 7.85. The molecule has 28 heavy (non-hydrogen) atoms. The summed E-state index contributed by atoms with van der Waals surface area (Å²) in [5.41, 5.74) is 2.43. The number of hydrogen-bond acceptors (Lipinski definition) is 4. The van der Waals surface area contributed by atoms with Crippen LogP contribution in [-0.2, 0) is 10.2 Å². The number of hydrogen-bond donors (Lipinski definition) is 3. The van der Waals surface area contributed by atoms with E-state index in [4.69, 9.17) is 22.1 Å². The molecule has 2 rings (SSSR count). The smallest absolute Gasteiger partial charge is 0.336 e. The largest absolute Gasteiger partial charge is 0.484 e. The first-order chi connectivity index (χ1) is 13.1. The highest BCUT2D eigenvalue weighted by Crippen LogP contribution is 2.24. The number of amides is 1. The second kappa shape index (κ2) is 8.84. The lowest BCUT2D eigenvalue weighted by Crippen LogP contribution is -2.37. The van der Waals surface area contributed by atoms with Gasteiger partial charge in [-0.05, 0) is 59.9 Å². The van der Waals surface area contributed by atoms with Crippen molar-refractivity contribution in [1.82, 2.24) is 5.32 Å². The van der Waals surface area contributed by atoms with Gasteiger partial charge in [-0.2, -0.15) is 0 Å². The van der Waals surface area contributed by atoms with E-state index in [1.54, 1.807) is 19.1 Å². The van der Waals surface area contributed by atoms with Crippen molar-refractivity contribution in [2.75, 3.05) is 11.9 Å². The summed E-state index contributed by atoms with van der Waals surface area (Å²) >= 11 is 5.12. The average molecular weight is 401 g/mol. The third kappa shape index (κ3) is 5.79. The van der Waals surface area contributed by atoms with Crippen molar-refractivity contribution in [3.8, 4) is 5.75 Å². The van der Waals surface area contributed by atoms with Crippen LogP contribution in [0.2, 0.25) is 0 Å². The standard InChI is InChI=1S/C21H24N2O4S/c1-13-16(19(25)26)6-5-7-17(13)22-20(28)23-18(24)12-27-15-10-8-14(9-11-15)21(2,3)4/h5-11H,12H2,1-4H3,(H,25,26)(H2,22,23,24,28). The predicted molar refractivity (Wildman–Crippen MR) is 113 cm³/mol. The minimum Gasteiger partial charge on any atom is -0.484 e. The number of nitrogens with one attached hydrogen (secondary N) is 2. The molecule has 0 aliphatic carbocycles. The molecule has 0 heterocycles. The number of carbonyl (C=O) groups excluding carboxylic acids is 1. The van der Waals surface area contributed by atoms with Gasteiger partial charge in [-0.1, -0.05) is 39.0 Å². The van der Waals surface area contributed by atoms with E-state index >= 15 is 0 Å². The first-order valence-electron chi connectivity index (χ1n) is 8.75. The molecule has 2 aromatic carbocycles. The van der Waals surface area contributed by atoms with Gasteiger partial charge < -0.3 is 15.2 Å². The molecule has 6 nitrogen and oxygen atoms in total. The van der Waals surface area contributed by atoms with Crippen LogP contribution in [0, 0.1) is 6.92 Å². The lowest BCUT2D eigenvalue weighted by Gasteiger charge is -2.19. The fourth-order valence-corrected chi connectivity index (χ4v) is 2.74. The van der Waals surface area contributed by atoms with Crippen LogP contribution < -0.4 is 15.4 Å². The third-order valence-electron chi connectivity index (χ3n) is 4.16. The number of thiocarbonyl (C=S) groups is 1. The van der Waals surface area contributed by atoms with E-state index in [0.29, 0.717) is 17.0 Å². The third-order valence-corrected chi connectivity index (χ3v) is 4.36. The fourth-order valence-electron chi connectivity index (χ4n) is 2.52. The summed E-state index contributed by atoms with van der Waals surface area (Å²) in [7, 11) is 0. The second-order valence-corrected chi connectivity index (χ2v) is 7.76. The molecule has 2 aromatic rings. The van der Waals surface area contributed by atoms with Gasteiger partial charge in [0.2, 0.25) is 0 Å². The van der Waals surface area contributed by atoms with Crippen LogP contribution in [0.25, 0.3) is 0 Å². The normalized spacial score (nSPS) is 10.9. The van der Waals surface area contributed by atoms with Crippen molar-refractivity contribution < 1.29 is 19.4 Å². The molecule has 0 unspecified atom stereocenters. The van der Waals surface area contributed by atoms with Gasteiger partial charge in [0.1, 0.15) is 5.75 Å². The molecule has 0 aliphatic heterocycles. The molecule has 148 valence electrons. The number of carbonyl (C=O) groups is 2. The lowest BCUT2D eigenvalue weighted by atomic mass is 9.87. The number of carboxylic acid groups (broad SMARTS) is 1. The van der Waals surface area contributed by atoms with Crippen molar-refractivity contribution in [1.29, 1.82) is 0 Å². The zero-order valence-electron chi connectivity index (χ0n) is 16.3. The van der Waals surface area contributed by atoms with E-state index in [2.05, 4.69) is 31.4 Å². The Morgan fingerprint density at radius 2 is 1.75 bits per heavy atom. The molecule has 0 atom stereocenters. The maximum atomic E-state index is 12.0. The maximum absolute atomic E-state index is 12.0. The maximum Gasteiger partial charge on any atom is 0.336 e. The van der Waals surface area contributed by atoms with E-state index in [-0.39, 0.29) is 22.7 Å². The molecule has 0 saturated heterocycles. The van der Waals surface area contributed by atoms with E-state index in [1.165, 1.54) is 11.6 Å². The highest BCUT2D eigenvalue weighted by atomic mass is 32.1. The minimum atomic E-state index is -1.03. The number of benzene rings is 2. The topological polar surface area (TPSA) is 87.7 Å². The molecule has 0 spiro atoms. The van der Waals surface area contributed by atoms with E-state index in [1.807, 2.05) is 24.3 Å². The summed E-state index contributed by atoms with van der Waals surface area (Å²) in [6, 6.07) is 12.4. The minimum absolute atomic E-state index is 0.0455. The van der Waals surface area contributed by atoms with Crippen LogP contribution in [0.15, 0.2) is 42.5 Å². The fraction of sp³-hybridized carbons (Fsp3) is 0.286. The van der Waals surface area contributed by atoms with Crippen molar-refractivity contribution in [2.45, 2.75) is 33.1 Å². The second-order valence-electron chi connectivity index (χ2n) is 7.35. The summed E-state index contributed by atoms with van der Waals surface area (Å²) < 4.78 is 5.48. The molecule has 1 amide bonds. The van der Waals surface area contributed by atoms with Crippen molar-refractivity contribution in [2.24, 2.45) is 0 Å². The van der Waals surface area contributed by atoms with Gasteiger partial charge in [-0.15, -0.1) is 0 Å². The molecule has 0 fully saturated rings. The Labute approximate surface area is 169 Å². The highest BCUT2D eigenvalue weighted by Gasteiger charge is 2.14. The molecule has 0 bridgehead atoms. The Kier molecular flexibility index (Phi) is 6.75. The molecule has 3 N–H and O–H groups in total. The van der Waals surface area contributed by atoms with Gasteiger partial charge in [0.05, 0.1) is 5.56 Å². The number of ether oxygens (including phenoxy) is 1. The summed E-state index contributed by atoms with van der Waals surface area (Å²) in [4.78, 5) is 23.2. The average Bonchev–Trinajstić information content (AvgIpc) is 2.61. The quantitative estimate of drug-likeness (QED) is 0.660. The predicted octanol–water partition coefficient (Wildman–Crippen LogP) is 3.88. The Morgan fingerprint density at radius 3 is 2.32 bits per heavy atom. The first-order valence-corrected chi connectivity index (χ1v) is 9.16. The van der Waals surface area contributed by atoms with E-state index < -0.39 is 11.9 Å². The van der Waals surface area contributed by atoms with Gasteiger partial charge in [0.25, 0.3) is 5.91 Å². The Balaban J connectivity index is 1.89. The van der Waals surface area contributed by atoms with E-state index in [0.717, 1.165) is 0 Å². The van der Waals surface area contributed by atoms with Gasteiger partial charge in [0.15, 0.2) is 11.7 Å². The highest BCUT2D eigenvalue weighted by molar-refractivity contribution is 7.80. The lowest BCUT2D eigenvalue weighted by molar-refractivity contribution is -0.121. The molecular weight excluding hydrogens is 376 g/mol. The molecule has 0 saturated carbocycles. The zero-order chi connectivity index (χ0) is 20.9. The van der Waals surface area contributed by atoms with Crippen LogP contribution in [0.1, 0.15) is 42.3 Å². The van der Waals surface area contributed by atoms with Crippen LogP contribution in [0.3, 0.4) is 0 Å². The SMILES string of the molecule is Cc1c(NC(=S)NC(=O)COc2ccc(C(C)(C)C)cc2)cccc1C(=O)O. The van der Waals surface area contributed by atoms with Gasteiger partial charge in [-0.25, -0.2) is 4.79 Å². The molecule has 7 heteroatoms. The molecular formula is C21H24N2O4S. The monoisotopic (exact) mass is 400 g/mol. The van der Waals surface area contributed by atoms with Crippen LogP contribution in [0.5, 0.6) is 5.75 Å². The van der Waals surface area contributed by atoms with Crippen LogP contribution in [0.4, 0.5) is 5.69 Å². The Hall–Kier alpha value is -2.93. The Bertz CT molecular complexity index is 886. The number of carboxylic acids is 1. The summed E-state index contributed by atoms with van der Waals surface area (Å²) in [6.07, 6.45) is 0. The number of anilines is 1. The van der Waals surface area contributed by atoms with Crippen molar-refractivity contribution >= 4 is 34.9 Å². The Morgan fingerprint density at radius 1 is 1.11 bits per heavy atom. The molecule has 0 radical (unpaired) electrons. The molecule has 0 aromatic heterocycles. The zero-order valence-corrected chi connectivity index (χ0v) is 17.1. The van der Waals surface area contributed by atoms with Gasteiger partial charge >= 0.3 is 5.97 Å². The van der Waals surface area contributed by atoms with E-state index in [9.17, 15) is 9.59 Å². The van der Waals surface area contributed by atoms with Gasteiger partial charge in [-0.3, -0.25) is 10.1 Å². The van der Waals surface area contributed by atoms with Crippen molar-refractivity contribution in [3.63, 3.8) is 0 Å². The summed E-state index contributed by atoms with van der Waals surface area (Å²) in [5.74, 6) is -0.849. The first kappa shape index (κ1) is 21.4.